The SMILES string of the molecule is CNC(=O)N1C=C(c2ccc(N3CC[C@](C)(O)C3)cc2)c2cc(OC)c(OC)cc2C[C@@H]1C. The molecule has 2 aliphatic heterocycles. The van der Waals surface area contributed by atoms with E-state index in [-0.39, 0.29) is 12.1 Å². The topological polar surface area (TPSA) is 74.3 Å². The fourth-order valence-electron chi connectivity index (χ4n) is 4.73. The Morgan fingerprint density at radius 2 is 1.82 bits per heavy atom. The number of carbonyl (C=O) groups excluding carboxylic acids is 1. The highest BCUT2D eigenvalue weighted by atomic mass is 16.5. The summed E-state index contributed by atoms with van der Waals surface area (Å²) in [6, 6.07) is 12.1. The number of carbonyl (C=O) groups is 1. The molecule has 0 saturated carbocycles. The van der Waals surface area contributed by atoms with Gasteiger partial charge in [-0.1, -0.05) is 12.1 Å². The summed E-state index contributed by atoms with van der Waals surface area (Å²) < 4.78 is 11.1. The molecule has 7 heteroatoms. The third-order valence-electron chi connectivity index (χ3n) is 6.60. The molecular weight excluding hydrogens is 418 g/mol. The van der Waals surface area contributed by atoms with Crippen LogP contribution in [0.15, 0.2) is 42.6 Å². The Labute approximate surface area is 195 Å². The van der Waals surface area contributed by atoms with Crippen molar-refractivity contribution in [2.45, 2.75) is 38.3 Å². The molecule has 2 atom stereocenters. The van der Waals surface area contributed by atoms with Crippen LogP contribution in [-0.4, -0.2) is 62.0 Å². The zero-order valence-corrected chi connectivity index (χ0v) is 20.0. The first kappa shape index (κ1) is 23.0. The molecule has 7 nitrogen and oxygen atoms in total. The van der Waals surface area contributed by atoms with Crippen LogP contribution in [0.5, 0.6) is 11.5 Å². The van der Waals surface area contributed by atoms with Crippen molar-refractivity contribution in [3.8, 4) is 11.5 Å². The minimum absolute atomic E-state index is 0.0367. The van der Waals surface area contributed by atoms with Crippen molar-refractivity contribution in [3.63, 3.8) is 0 Å². The number of nitrogens with one attached hydrogen (secondary N) is 1. The number of hydrogen-bond donors (Lipinski definition) is 2. The summed E-state index contributed by atoms with van der Waals surface area (Å²) in [7, 11) is 4.91. The standard InChI is InChI=1S/C26H33N3O4/c1-17-12-19-13-23(32-4)24(33-5)14-21(19)22(15-29(17)25(30)27-3)18-6-8-20(9-7-18)28-11-10-26(2,31)16-28/h6-9,13-15,17,31H,10-12,16H2,1-5H3,(H,27,30)/t17-,26-/m0/s1. The van der Waals surface area contributed by atoms with Gasteiger partial charge in [0, 0.05) is 43.6 Å². The lowest BCUT2D eigenvalue weighted by atomic mass is 9.92. The molecule has 0 aliphatic carbocycles. The van der Waals surface area contributed by atoms with Gasteiger partial charge < -0.3 is 24.8 Å². The first-order chi connectivity index (χ1) is 15.8. The summed E-state index contributed by atoms with van der Waals surface area (Å²) >= 11 is 0. The van der Waals surface area contributed by atoms with Gasteiger partial charge in [-0.3, -0.25) is 4.90 Å². The molecule has 0 bridgehead atoms. The van der Waals surface area contributed by atoms with Gasteiger partial charge in [0.2, 0.25) is 0 Å². The quantitative estimate of drug-likeness (QED) is 0.743. The summed E-state index contributed by atoms with van der Waals surface area (Å²) in [4.78, 5) is 16.6. The lowest BCUT2D eigenvalue weighted by molar-refractivity contribution is 0.0839. The Bertz CT molecular complexity index is 1060. The number of nitrogens with zero attached hydrogens (tertiary/aromatic N) is 2. The van der Waals surface area contributed by atoms with Crippen LogP contribution in [0.4, 0.5) is 10.5 Å². The van der Waals surface area contributed by atoms with Crippen molar-refractivity contribution in [1.29, 1.82) is 0 Å². The number of anilines is 1. The van der Waals surface area contributed by atoms with Crippen molar-refractivity contribution in [1.82, 2.24) is 10.2 Å². The molecule has 2 aliphatic rings. The van der Waals surface area contributed by atoms with Crippen LogP contribution in [-0.2, 0) is 6.42 Å². The van der Waals surface area contributed by atoms with E-state index in [0.29, 0.717) is 24.5 Å². The van der Waals surface area contributed by atoms with E-state index in [4.69, 9.17) is 9.47 Å². The van der Waals surface area contributed by atoms with Gasteiger partial charge in [0.25, 0.3) is 0 Å². The van der Waals surface area contributed by atoms with E-state index in [1.54, 1.807) is 26.2 Å². The Hall–Kier alpha value is -3.19. The number of ether oxygens (including phenoxy) is 2. The molecule has 2 heterocycles. The van der Waals surface area contributed by atoms with Gasteiger partial charge >= 0.3 is 6.03 Å². The smallest absolute Gasteiger partial charge is 0.321 e. The number of β-amino-alcohol motifs (C(OH)–C–C–N with tert-alkyl or cyclic N) is 1. The van der Waals surface area contributed by atoms with Crippen molar-refractivity contribution in [2.24, 2.45) is 0 Å². The van der Waals surface area contributed by atoms with Crippen molar-refractivity contribution in [3.05, 3.63) is 59.3 Å². The molecule has 0 radical (unpaired) electrons. The van der Waals surface area contributed by atoms with Gasteiger partial charge in [0.05, 0.1) is 19.8 Å². The second-order valence-corrected chi connectivity index (χ2v) is 9.14. The van der Waals surface area contributed by atoms with Crippen LogP contribution >= 0.6 is 0 Å². The Morgan fingerprint density at radius 1 is 1.15 bits per heavy atom. The summed E-state index contributed by atoms with van der Waals surface area (Å²) in [5.74, 6) is 1.33. The minimum atomic E-state index is -0.652. The molecule has 0 aromatic heterocycles. The van der Waals surface area contributed by atoms with E-state index in [2.05, 4.69) is 34.5 Å². The van der Waals surface area contributed by atoms with E-state index >= 15 is 0 Å². The van der Waals surface area contributed by atoms with Crippen LogP contribution in [0, 0.1) is 0 Å². The van der Waals surface area contributed by atoms with Crippen LogP contribution in [0.25, 0.3) is 5.57 Å². The average Bonchev–Trinajstić information content (AvgIpc) is 3.11. The van der Waals surface area contributed by atoms with Crippen LogP contribution in [0.3, 0.4) is 0 Å². The van der Waals surface area contributed by atoms with E-state index < -0.39 is 5.60 Å². The number of methoxy groups -OCH3 is 2. The van der Waals surface area contributed by atoms with Crippen molar-refractivity contribution < 1.29 is 19.4 Å². The number of fused-ring (bicyclic) bond motifs is 1. The Morgan fingerprint density at radius 3 is 2.39 bits per heavy atom. The van der Waals surface area contributed by atoms with Crippen LogP contribution in [0.1, 0.15) is 37.0 Å². The molecule has 4 rings (SSSR count). The molecular formula is C26H33N3O4. The van der Waals surface area contributed by atoms with Gasteiger partial charge in [-0.2, -0.15) is 0 Å². The number of amides is 2. The third-order valence-corrected chi connectivity index (χ3v) is 6.60. The van der Waals surface area contributed by atoms with Crippen LogP contribution in [0.2, 0.25) is 0 Å². The summed E-state index contributed by atoms with van der Waals surface area (Å²) in [5.41, 5.74) is 4.48. The highest BCUT2D eigenvalue weighted by Gasteiger charge is 2.31. The lowest BCUT2D eigenvalue weighted by Gasteiger charge is -2.24. The molecule has 2 aromatic rings. The monoisotopic (exact) mass is 451 g/mol. The molecule has 0 unspecified atom stereocenters. The fourth-order valence-corrected chi connectivity index (χ4v) is 4.73. The highest BCUT2D eigenvalue weighted by Crippen LogP contribution is 2.39. The lowest BCUT2D eigenvalue weighted by Crippen LogP contribution is -2.40. The van der Waals surface area contributed by atoms with Gasteiger partial charge in [0.1, 0.15) is 0 Å². The molecule has 1 saturated heterocycles. The minimum Gasteiger partial charge on any atom is -0.493 e. The normalized spacial score (nSPS) is 22.4. The summed E-state index contributed by atoms with van der Waals surface area (Å²) in [6.07, 6.45) is 3.37. The number of hydrogen-bond acceptors (Lipinski definition) is 5. The van der Waals surface area contributed by atoms with Gasteiger partial charge in [-0.25, -0.2) is 4.79 Å². The van der Waals surface area contributed by atoms with Gasteiger partial charge in [-0.15, -0.1) is 0 Å². The van der Waals surface area contributed by atoms with Crippen LogP contribution < -0.4 is 19.7 Å². The summed E-state index contributed by atoms with van der Waals surface area (Å²) in [5, 5.41) is 13.1. The number of aliphatic hydroxyl groups is 1. The zero-order valence-electron chi connectivity index (χ0n) is 20.0. The second kappa shape index (κ2) is 8.98. The van der Waals surface area contributed by atoms with Gasteiger partial charge in [0.15, 0.2) is 11.5 Å². The second-order valence-electron chi connectivity index (χ2n) is 9.14. The molecule has 33 heavy (non-hydrogen) atoms. The molecule has 0 spiro atoms. The van der Waals surface area contributed by atoms with Crippen molar-refractivity contribution >= 4 is 17.3 Å². The molecule has 2 amide bonds. The van der Waals surface area contributed by atoms with E-state index in [9.17, 15) is 9.90 Å². The fraction of sp³-hybridized carbons (Fsp3) is 0.423. The summed E-state index contributed by atoms with van der Waals surface area (Å²) in [6.45, 7) is 5.37. The molecule has 2 N–H and O–H groups in total. The zero-order chi connectivity index (χ0) is 23.8. The predicted octanol–water partition coefficient (Wildman–Crippen LogP) is 3.64. The maximum absolute atomic E-state index is 12.7. The number of rotatable bonds is 4. The maximum Gasteiger partial charge on any atom is 0.321 e. The first-order valence-electron chi connectivity index (χ1n) is 11.3. The Balaban J connectivity index is 1.79. The predicted molar refractivity (Wildman–Crippen MR) is 130 cm³/mol. The maximum atomic E-state index is 12.7. The van der Waals surface area contributed by atoms with Gasteiger partial charge in [-0.05, 0) is 67.6 Å². The van der Waals surface area contributed by atoms with Crippen molar-refractivity contribution in [2.75, 3.05) is 39.3 Å². The van der Waals surface area contributed by atoms with E-state index in [1.165, 1.54) is 0 Å². The molecule has 2 aromatic carbocycles. The largest absolute Gasteiger partial charge is 0.493 e. The molecule has 176 valence electrons. The number of urea groups is 1. The van der Waals surface area contributed by atoms with E-state index in [0.717, 1.165) is 40.9 Å². The molecule has 1 fully saturated rings. The first-order valence-corrected chi connectivity index (χ1v) is 11.3. The highest BCUT2D eigenvalue weighted by molar-refractivity contribution is 5.87. The van der Waals surface area contributed by atoms with E-state index in [1.807, 2.05) is 32.2 Å². The average molecular weight is 452 g/mol. The number of benzene rings is 2. The third kappa shape index (κ3) is 4.50. The Kier molecular flexibility index (Phi) is 6.26.